The molecule has 7 heteroatoms. The highest BCUT2D eigenvalue weighted by atomic mass is 32.2. The van der Waals surface area contributed by atoms with Crippen LogP contribution in [-0.4, -0.2) is 34.5 Å². The van der Waals surface area contributed by atoms with Gasteiger partial charge in [-0.15, -0.1) is 11.3 Å². The highest BCUT2D eigenvalue weighted by Crippen LogP contribution is 2.20. The Hall–Kier alpha value is -0.470. The summed E-state index contributed by atoms with van der Waals surface area (Å²) in [6.07, 6.45) is -0.546. The molecular weight excluding hydrogens is 274 g/mol. The number of hydrogen-bond acceptors (Lipinski definition) is 5. The molecule has 0 aliphatic heterocycles. The standard InChI is InChI=1S/C11H19NO4S2/c1-4-15-10(16-5-2)8-12-18(13,14)11-7-6-9(3)17-11/h6-7,10,12H,4-5,8H2,1-3H3. The fraction of sp³-hybridized carbons (Fsp3) is 0.636. The van der Waals surface area contributed by atoms with E-state index in [9.17, 15) is 8.42 Å². The largest absolute Gasteiger partial charge is 0.352 e. The van der Waals surface area contributed by atoms with E-state index in [1.807, 2.05) is 20.8 Å². The van der Waals surface area contributed by atoms with Crippen LogP contribution in [0.2, 0.25) is 0 Å². The Morgan fingerprint density at radius 1 is 1.28 bits per heavy atom. The summed E-state index contributed by atoms with van der Waals surface area (Å²) in [4.78, 5) is 0.960. The number of hydrogen-bond donors (Lipinski definition) is 1. The molecule has 5 nitrogen and oxygen atoms in total. The molecule has 0 atom stereocenters. The third-order valence-corrected chi connectivity index (χ3v) is 5.04. The lowest BCUT2D eigenvalue weighted by atomic mass is 10.5. The van der Waals surface area contributed by atoms with Crippen molar-refractivity contribution in [1.29, 1.82) is 0 Å². The topological polar surface area (TPSA) is 64.6 Å². The minimum Gasteiger partial charge on any atom is -0.352 e. The monoisotopic (exact) mass is 293 g/mol. The summed E-state index contributed by atoms with van der Waals surface area (Å²) in [6, 6.07) is 3.38. The summed E-state index contributed by atoms with van der Waals surface area (Å²) in [5.41, 5.74) is 0. The summed E-state index contributed by atoms with van der Waals surface area (Å²) < 4.78 is 37.2. The molecule has 0 spiro atoms. The van der Waals surface area contributed by atoms with E-state index in [0.717, 1.165) is 4.88 Å². The van der Waals surface area contributed by atoms with Crippen LogP contribution in [0.1, 0.15) is 18.7 Å². The van der Waals surface area contributed by atoms with Gasteiger partial charge in [0.2, 0.25) is 10.0 Å². The van der Waals surface area contributed by atoms with E-state index in [1.54, 1.807) is 12.1 Å². The van der Waals surface area contributed by atoms with Gasteiger partial charge >= 0.3 is 0 Å². The van der Waals surface area contributed by atoms with Crippen LogP contribution < -0.4 is 4.72 Å². The first-order valence-corrected chi connectivity index (χ1v) is 8.08. The van der Waals surface area contributed by atoms with Gasteiger partial charge in [-0.05, 0) is 32.9 Å². The molecular formula is C11H19NO4S2. The zero-order valence-electron chi connectivity index (χ0n) is 10.8. The van der Waals surface area contributed by atoms with Gasteiger partial charge in [-0.3, -0.25) is 0 Å². The van der Waals surface area contributed by atoms with Crippen molar-refractivity contribution in [1.82, 2.24) is 4.72 Å². The van der Waals surface area contributed by atoms with Gasteiger partial charge in [-0.25, -0.2) is 13.1 Å². The van der Waals surface area contributed by atoms with Crippen LogP contribution in [0.5, 0.6) is 0 Å². The summed E-state index contributed by atoms with van der Waals surface area (Å²) in [5, 5.41) is 0. The van der Waals surface area contributed by atoms with Gasteiger partial charge in [0.15, 0.2) is 6.29 Å². The molecule has 1 N–H and O–H groups in total. The Balaban J connectivity index is 2.60. The zero-order chi connectivity index (χ0) is 13.6. The zero-order valence-corrected chi connectivity index (χ0v) is 12.4. The molecule has 0 aliphatic carbocycles. The predicted molar refractivity (Wildman–Crippen MR) is 71.3 cm³/mol. The second kappa shape index (κ2) is 7.20. The minimum atomic E-state index is -3.46. The third-order valence-electron chi connectivity index (χ3n) is 2.13. The summed E-state index contributed by atoms with van der Waals surface area (Å²) >= 11 is 1.24. The molecule has 0 saturated carbocycles. The van der Waals surface area contributed by atoms with Crippen molar-refractivity contribution in [2.75, 3.05) is 19.8 Å². The second-order valence-corrected chi connectivity index (χ2v) is 6.84. The number of ether oxygens (including phenoxy) is 2. The molecule has 0 saturated heterocycles. The van der Waals surface area contributed by atoms with Gasteiger partial charge in [0.25, 0.3) is 0 Å². The molecule has 0 fully saturated rings. The average molecular weight is 293 g/mol. The maximum absolute atomic E-state index is 11.9. The number of thiophene rings is 1. The van der Waals surface area contributed by atoms with E-state index in [-0.39, 0.29) is 6.54 Å². The van der Waals surface area contributed by atoms with Crippen molar-refractivity contribution in [3.05, 3.63) is 17.0 Å². The molecule has 1 aromatic heterocycles. The van der Waals surface area contributed by atoms with Crippen molar-refractivity contribution in [3.63, 3.8) is 0 Å². The van der Waals surface area contributed by atoms with Gasteiger partial charge in [-0.1, -0.05) is 0 Å². The Labute approximate surface area is 112 Å². The lowest BCUT2D eigenvalue weighted by Crippen LogP contribution is -2.35. The van der Waals surface area contributed by atoms with Crippen molar-refractivity contribution in [2.45, 2.75) is 31.3 Å². The SMILES string of the molecule is CCOC(CNS(=O)(=O)c1ccc(C)s1)OCC. The lowest BCUT2D eigenvalue weighted by Gasteiger charge is -2.17. The predicted octanol–water partition coefficient (Wildman–Crippen LogP) is 1.73. The minimum absolute atomic E-state index is 0.112. The van der Waals surface area contributed by atoms with E-state index in [4.69, 9.17) is 9.47 Å². The molecule has 0 radical (unpaired) electrons. The first-order chi connectivity index (χ1) is 8.49. The lowest BCUT2D eigenvalue weighted by molar-refractivity contribution is -0.130. The molecule has 0 aliphatic rings. The first kappa shape index (κ1) is 15.6. The van der Waals surface area contributed by atoms with Crippen LogP contribution in [0, 0.1) is 6.92 Å². The molecule has 1 heterocycles. The Morgan fingerprint density at radius 3 is 2.33 bits per heavy atom. The molecule has 104 valence electrons. The summed E-state index contributed by atoms with van der Waals surface area (Å²) in [7, 11) is -3.46. The molecule has 1 aromatic rings. The second-order valence-electron chi connectivity index (χ2n) is 3.56. The quantitative estimate of drug-likeness (QED) is 0.741. The number of sulfonamides is 1. The number of rotatable bonds is 8. The van der Waals surface area contributed by atoms with Crippen LogP contribution in [0.4, 0.5) is 0 Å². The van der Waals surface area contributed by atoms with Crippen molar-refractivity contribution >= 4 is 21.4 Å². The first-order valence-electron chi connectivity index (χ1n) is 5.79. The fourth-order valence-corrected chi connectivity index (χ4v) is 3.69. The van der Waals surface area contributed by atoms with Crippen LogP contribution in [-0.2, 0) is 19.5 Å². The fourth-order valence-electron chi connectivity index (χ4n) is 1.34. The van der Waals surface area contributed by atoms with Crippen LogP contribution in [0.3, 0.4) is 0 Å². The van der Waals surface area contributed by atoms with Gasteiger partial charge in [-0.2, -0.15) is 0 Å². The Morgan fingerprint density at radius 2 is 1.89 bits per heavy atom. The normalized spacial score (nSPS) is 12.2. The maximum atomic E-state index is 11.9. The third kappa shape index (κ3) is 4.66. The van der Waals surface area contributed by atoms with Gasteiger partial charge in [0.05, 0.1) is 6.54 Å². The smallest absolute Gasteiger partial charge is 0.250 e. The molecule has 18 heavy (non-hydrogen) atoms. The Kier molecular flexibility index (Phi) is 6.24. The van der Waals surface area contributed by atoms with Crippen LogP contribution >= 0.6 is 11.3 Å². The highest BCUT2D eigenvalue weighted by molar-refractivity contribution is 7.91. The number of nitrogens with one attached hydrogen (secondary N) is 1. The van der Waals surface area contributed by atoms with E-state index in [1.165, 1.54) is 11.3 Å². The van der Waals surface area contributed by atoms with Crippen molar-refractivity contribution < 1.29 is 17.9 Å². The van der Waals surface area contributed by atoms with E-state index in [2.05, 4.69) is 4.72 Å². The van der Waals surface area contributed by atoms with Crippen molar-refractivity contribution in [3.8, 4) is 0 Å². The van der Waals surface area contributed by atoms with Gasteiger partial charge in [0, 0.05) is 18.1 Å². The highest BCUT2D eigenvalue weighted by Gasteiger charge is 2.18. The van der Waals surface area contributed by atoms with E-state index in [0.29, 0.717) is 17.4 Å². The molecule has 0 amide bonds. The van der Waals surface area contributed by atoms with Gasteiger partial charge in [0.1, 0.15) is 4.21 Å². The number of aryl methyl sites for hydroxylation is 1. The molecule has 0 aromatic carbocycles. The van der Waals surface area contributed by atoms with E-state index < -0.39 is 16.3 Å². The summed E-state index contributed by atoms with van der Waals surface area (Å²) in [5.74, 6) is 0. The molecule has 1 rings (SSSR count). The Bertz CT molecular complexity index is 449. The maximum Gasteiger partial charge on any atom is 0.250 e. The summed E-state index contributed by atoms with van der Waals surface area (Å²) in [6.45, 7) is 6.61. The molecule has 0 unspecified atom stereocenters. The van der Waals surface area contributed by atoms with Crippen LogP contribution in [0.15, 0.2) is 16.3 Å². The van der Waals surface area contributed by atoms with Crippen molar-refractivity contribution in [2.24, 2.45) is 0 Å². The molecule has 0 bridgehead atoms. The van der Waals surface area contributed by atoms with Crippen LogP contribution in [0.25, 0.3) is 0 Å². The van der Waals surface area contributed by atoms with E-state index >= 15 is 0 Å². The average Bonchev–Trinajstić information content (AvgIpc) is 2.74. The van der Waals surface area contributed by atoms with Gasteiger partial charge < -0.3 is 9.47 Å².